The molecule has 1 aliphatic rings. The lowest BCUT2D eigenvalue weighted by molar-refractivity contribution is -0.134. The first kappa shape index (κ1) is 12.4. The molecule has 2 nitrogen and oxygen atoms in total. The maximum atomic E-state index is 12.1. The molecule has 0 spiro atoms. The van der Waals surface area contributed by atoms with E-state index in [0.717, 1.165) is 23.4 Å². The topological polar surface area (TPSA) is 20.3 Å². The molecule has 92 valence electrons. The summed E-state index contributed by atoms with van der Waals surface area (Å²) in [5.41, 5.74) is 1.09. The predicted octanol–water partition coefficient (Wildman–Crippen LogP) is 3.49. The third kappa shape index (κ3) is 3.22. The molecule has 0 aromatic heterocycles. The van der Waals surface area contributed by atoms with E-state index in [0.29, 0.717) is 6.54 Å². The summed E-state index contributed by atoms with van der Waals surface area (Å²) in [6, 6.07) is 7.69. The van der Waals surface area contributed by atoms with Gasteiger partial charge in [0.2, 0.25) is 5.91 Å². The first-order valence-corrected chi connectivity index (χ1v) is 6.54. The van der Waals surface area contributed by atoms with Gasteiger partial charge in [-0.3, -0.25) is 4.79 Å². The van der Waals surface area contributed by atoms with E-state index < -0.39 is 0 Å². The van der Waals surface area contributed by atoms with Crippen molar-refractivity contribution < 1.29 is 4.79 Å². The van der Waals surface area contributed by atoms with E-state index in [9.17, 15) is 4.79 Å². The molecule has 0 bridgehead atoms. The summed E-state index contributed by atoms with van der Waals surface area (Å²) in [5.74, 6) is 0.529. The second-order valence-electron chi connectivity index (χ2n) is 4.81. The van der Waals surface area contributed by atoms with Gasteiger partial charge in [-0.1, -0.05) is 36.6 Å². The van der Waals surface area contributed by atoms with Crippen molar-refractivity contribution in [3.05, 3.63) is 34.9 Å². The van der Waals surface area contributed by atoms with Crippen molar-refractivity contribution in [2.24, 2.45) is 5.92 Å². The van der Waals surface area contributed by atoms with Crippen LogP contribution in [-0.4, -0.2) is 17.9 Å². The van der Waals surface area contributed by atoms with Crippen molar-refractivity contribution in [1.82, 2.24) is 4.90 Å². The molecule has 1 fully saturated rings. The third-order valence-corrected chi connectivity index (χ3v) is 3.62. The maximum absolute atomic E-state index is 12.1. The number of halogens is 1. The van der Waals surface area contributed by atoms with Gasteiger partial charge in [0.1, 0.15) is 0 Å². The van der Waals surface area contributed by atoms with Crippen LogP contribution in [0, 0.1) is 5.92 Å². The van der Waals surface area contributed by atoms with Gasteiger partial charge in [0, 0.05) is 24.5 Å². The van der Waals surface area contributed by atoms with Gasteiger partial charge < -0.3 is 4.90 Å². The molecule has 1 saturated carbocycles. The number of carbonyl (C=O) groups is 1. The van der Waals surface area contributed by atoms with Crippen LogP contribution in [0.1, 0.15) is 31.2 Å². The zero-order chi connectivity index (χ0) is 12.3. The van der Waals surface area contributed by atoms with Crippen molar-refractivity contribution in [3.63, 3.8) is 0 Å². The van der Waals surface area contributed by atoms with Gasteiger partial charge in [-0.25, -0.2) is 0 Å². The lowest BCUT2D eigenvalue weighted by Crippen LogP contribution is -2.31. The largest absolute Gasteiger partial charge is 0.341 e. The van der Waals surface area contributed by atoms with E-state index in [1.807, 2.05) is 36.2 Å². The first-order valence-electron chi connectivity index (χ1n) is 6.16. The molecule has 0 heterocycles. The highest BCUT2D eigenvalue weighted by atomic mass is 35.5. The Labute approximate surface area is 108 Å². The Morgan fingerprint density at radius 1 is 1.41 bits per heavy atom. The molecule has 0 saturated heterocycles. The summed E-state index contributed by atoms with van der Waals surface area (Å²) >= 11 is 5.93. The van der Waals surface area contributed by atoms with Crippen LogP contribution in [0.5, 0.6) is 0 Å². The van der Waals surface area contributed by atoms with Crippen LogP contribution in [0.2, 0.25) is 5.02 Å². The second-order valence-corrected chi connectivity index (χ2v) is 5.24. The molecule has 1 aliphatic carbocycles. The number of nitrogens with zero attached hydrogens (tertiary/aromatic N) is 1. The van der Waals surface area contributed by atoms with Crippen LogP contribution >= 0.6 is 11.6 Å². The monoisotopic (exact) mass is 251 g/mol. The van der Waals surface area contributed by atoms with Gasteiger partial charge in [-0.2, -0.15) is 0 Å². The molecule has 2 rings (SSSR count). The van der Waals surface area contributed by atoms with Gasteiger partial charge in [0.15, 0.2) is 0 Å². The summed E-state index contributed by atoms with van der Waals surface area (Å²) in [5, 5.41) is 0.726. The van der Waals surface area contributed by atoms with Crippen LogP contribution in [0.3, 0.4) is 0 Å². The van der Waals surface area contributed by atoms with E-state index >= 15 is 0 Å². The highest BCUT2D eigenvalue weighted by Gasteiger charge is 2.25. The molecule has 1 aromatic carbocycles. The first-order chi connectivity index (χ1) is 8.16. The van der Waals surface area contributed by atoms with E-state index in [2.05, 4.69) is 0 Å². The molecule has 0 N–H and O–H groups in total. The minimum atomic E-state index is 0.249. The fourth-order valence-corrected chi connectivity index (χ4v) is 2.68. The summed E-state index contributed by atoms with van der Waals surface area (Å²) in [6.45, 7) is 0.649. The molecular weight excluding hydrogens is 234 g/mol. The minimum absolute atomic E-state index is 0.249. The van der Waals surface area contributed by atoms with Gasteiger partial charge in [0.25, 0.3) is 0 Å². The Morgan fingerprint density at radius 3 is 2.76 bits per heavy atom. The second kappa shape index (κ2) is 5.54. The normalized spacial score (nSPS) is 16.1. The standard InChI is InChI=1S/C14H18ClNO/c1-16(14(17)12-6-2-3-7-12)10-11-5-4-8-13(15)9-11/h4-5,8-9,12H,2-3,6-7,10H2,1H3. The molecule has 1 aromatic rings. The van der Waals surface area contributed by atoms with Gasteiger partial charge in [0.05, 0.1) is 0 Å². The van der Waals surface area contributed by atoms with E-state index in [1.54, 1.807) is 0 Å². The molecule has 17 heavy (non-hydrogen) atoms. The molecular formula is C14H18ClNO. The van der Waals surface area contributed by atoms with Crippen molar-refractivity contribution in [3.8, 4) is 0 Å². The number of benzene rings is 1. The van der Waals surface area contributed by atoms with Crippen molar-refractivity contribution >= 4 is 17.5 Å². The maximum Gasteiger partial charge on any atom is 0.225 e. The van der Waals surface area contributed by atoms with Crippen LogP contribution in [0.25, 0.3) is 0 Å². The fourth-order valence-electron chi connectivity index (χ4n) is 2.47. The van der Waals surface area contributed by atoms with Crippen molar-refractivity contribution in [1.29, 1.82) is 0 Å². The zero-order valence-electron chi connectivity index (χ0n) is 10.2. The van der Waals surface area contributed by atoms with Crippen molar-refractivity contribution in [2.45, 2.75) is 32.2 Å². The molecule has 1 amide bonds. The number of amides is 1. The summed E-state index contributed by atoms with van der Waals surface area (Å²) in [7, 11) is 1.88. The zero-order valence-corrected chi connectivity index (χ0v) is 10.9. The quantitative estimate of drug-likeness (QED) is 0.805. The van der Waals surface area contributed by atoms with Crippen LogP contribution in [0.4, 0.5) is 0 Å². The van der Waals surface area contributed by atoms with Gasteiger partial charge >= 0.3 is 0 Å². The Balaban J connectivity index is 1.96. The molecule has 0 aliphatic heterocycles. The number of hydrogen-bond acceptors (Lipinski definition) is 1. The lowest BCUT2D eigenvalue weighted by Gasteiger charge is -2.21. The highest BCUT2D eigenvalue weighted by molar-refractivity contribution is 6.30. The number of rotatable bonds is 3. The molecule has 0 radical (unpaired) electrons. The summed E-state index contributed by atoms with van der Waals surface area (Å²) < 4.78 is 0. The summed E-state index contributed by atoms with van der Waals surface area (Å²) in [6.07, 6.45) is 4.50. The minimum Gasteiger partial charge on any atom is -0.341 e. The summed E-state index contributed by atoms with van der Waals surface area (Å²) in [4.78, 5) is 13.9. The highest BCUT2D eigenvalue weighted by Crippen LogP contribution is 2.26. The fraction of sp³-hybridized carbons (Fsp3) is 0.500. The van der Waals surface area contributed by atoms with Crippen LogP contribution in [-0.2, 0) is 11.3 Å². The van der Waals surface area contributed by atoms with E-state index in [-0.39, 0.29) is 11.8 Å². The Morgan fingerprint density at radius 2 is 2.12 bits per heavy atom. The Bertz CT molecular complexity index is 399. The van der Waals surface area contributed by atoms with Gasteiger partial charge in [-0.15, -0.1) is 0 Å². The Hall–Kier alpha value is -1.02. The predicted molar refractivity (Wildman–Crippen MR) is 69.9 cm³/mol. The van der Waals surface area contributed by atoms with Crippen molar-refractivity contribution in [2.75, 3.05) is 7.05 Å². The SMILES string of the molecule is CN(Cc1cccc(Cl)c1)C(=O)C1CCCC1. The average Bonchev–Trinajstić information content (AvgIpc) is 2.81. The molecule has 3 heteroatoms. The third-order valence-electron chi connectivity index (χ3n) is 3.39. The van der Waals surface area contributed by atoms with E-state index in [4.69, 9.17) is 11.6 Å². The lowest BCUT2D eigenvalue weighted by atomic mass is 10.1. The van der Waals surface area contributed by atoms with Gasteiger partial charge in [-0.05, 0) is 30.5 Å². The number of hydrogen-bond donors (Lipinski definition) is 0. The van der Waals surface area contributed by atoms with Crippen LogP contribution in [0.15, 0.2) is 24.3 Å². The number of carbonyl (C=O) groups excluding carboxylic acids is 1. The average molecular weight is 252 g/mol. The molecule has 0 atom stereocenters. The smallest absolute Gasteiger partial charge is 0.225 e. The molecule has 0 unspecified atom stereocenters. The van der Waals surface area contributed by atoms with Crippen LogP contribution < -0.4 is 0 Å². The van der Waals surface area contributed by atoms with E-state index in [1.165, 1.54) is 12.8 Å². The Kier molecular flexibility index (Phi) is 4.06.